The average molecular weight is 253 g/mol. The SMILES string of the molecule is COCCNCC(O)c1cc2cc(F)ccc2o1. The third-order valence-electron chi connectivity index (χ3n) is 2.65. The number of benzene rings is 1. The molecule has 0 aliphatic rings. The zero-order valence-electron chi connectivity index (χ0n) is 10.1. The largest absolute Gasteiger partial charge is 0.458 e. The number of nitrogens with one attached hydrogen (secondary N) is 1. The highest BCUT2D eigenvalue weighted by Gasteiger charge is 2.13. The summed E-state index contributed by atoms with van der Waals surface area (Å²) in [6, 6.07) is 5.92. The lowest BCUT2D eigenvalue weighted by Gasteiger charge is -2.08. The molecule has 0 fully saturated rings. The Balaban J connectivity index is 2.01. The first-order valence-electron chi connectivity index (χ1n) is 5.77. The third kappa shape index (κ3) is 3.07. The first kappa shape index (κ1) is 13.0. The van der Waals surface area contributed by atoms with E-state index in [0.29, 0.717) is 36.4 Å². The summed E-state index contributed by atoms with van der Waals surface area (Å²) in [6.07, 6.45) is -0.752. The Morgan fingerprint density at radius 3 is 3.06 bits per heavy atom. The number of fused-ring (bicyclic) bond motifs is 1. The summed E-state index contributed by atoms with van der Waals surface area (Å²) in [5.41, 5.74) is 0.572. The van der Waals surface area contributed by atoms with Gasteiger partial charge in [-0.05, 0) is 24.3 Å². The van der Waals surface area contributed by atoms with Crippen molar-refractivity contribution in [3.63, 3.8) is 0 Å². The number of methoxy groups -OCH3 is 1. The van der Waals surface area contributed by atoms with Crippen LogP contribution in [0.3, 0.4) is 0 Å². The lowest BCUT2D eigenvalue weighted by atomic mass is 10.2. The van der Waals surface area contributed by atoms with Crippen LogP contribution in [0.25, 0.3) is 11.0 Å². The van der Waals surface area contributed by atoms with Gasteiger partial charge in [0.1, 0.15) is 23.3 Å². The highest BCUT2D eigenvalue weighted by molar-refractivity contribution is 5.77. The van der Waals surface area contributed by atoms with E-state index in [0.717, 1.165) is 0 Å². The first-order valence-corrected chi connectivity index (χ1v) is 5.77. The predicted molar refractivity (Wildman–Crippen MR) is 65.9 cm³/mol. The monoisotopic (exact) mass is 253 g/mol. The van der Waals surface area contributed by atoms with E-state index in [9.17, 15) is 9.50 Å². The average Bonchev–Trinajstić information content (AvgIpc) is 2.77. The third-order valence-corrected chi connectivity index (χ3v) is 2.65. The number of aliphatic hydroxyl groups is 1. The fourth-order valence-corrected chi connectivity index (χ4v) is 1.71. The quantitative estimate of drug-likeness (QED) is 0.771. The molecule has 0 aliphatic carbocycles. The molecule has 1 aromatic heterocycles. The molecule has 1 unspecified atom stereocenters. The molecule has 2 aromatic rings. The molecule has 4 nitrogen and oxygen atoms in total. The molecule has 0 saturated heterocycles. The number of hydrogen-bond acceptors (Lipinski definition) is 4. The standard InChI is InChI=1S/C13H16FNO3/c1-17-5-4-15-8-11(16)13-7-9-6-10(14)2-3-12(9)18-13/h2-3,6-7,11,15-16H,4-5,8H2,1H3. The van der Waals surface area contributed by atoms with E-state index >= 15 is 0 Å². The lowest BCUT2D eigenvalue weighted by molar-refractivity contribution is 0.142. The molecule has 0 aliphatic heterocycles. The topological polar surface area (TPSA) is 54.6 Å². The predicted octanol–water partition coefficient (Wildman–Crippen LogP) is 1.84. The number of hydrogen-bond donors (Lipinski definition) is 2. The van der Waals surface area contributed by atoms with Crippen molar-refractivity contribution in [1.29, 1.82) is 0 Å². The van der Waals surface area contributed by atoms with E-state index in [2.05, 4.69) is 5.32 Å². The zero-order valence-corrected chi connectivity index (χ0v) is 10.1. The molecule has 0 bridgehead atoms. The fourth-order valence-electron chi connectivity index (χ4n) is 1.71. The number of ether oxygens (including phenoxy) is 1. The summed E-state index contributed by atoms with van der Waals surface area (Å²) in [5, 5.41) is 13.6. The van der Waals surface area contributed by atoms with Crippen LogP contribution in [0, 0.1) is 5.82 Å². The minimum Gasteiger partial charge on any atom is -0.458 e. The van der Waals surface area contributed by atoms with Crippen molar-refractivity contribution in [1.82, 2.24) is 5.32 Å². The second-order valence-corrected chi connectivity index (χ2v) is 4.04. The van der Waals surface area contributed by atoms with Crippen LogP contribution in [0.5, 0.6) is 0 Å². The Labute approximate surface area is 104 Å². The van der Waals surface area contributed by atoms with Crippen LogP contribution in [0.4, 0.5) is 4.39 Å². The van der Waals surface area contributed by atoms with Gasteiger partial charge in [-0.2, -0.15) is 0 Å². The van der Waals surface area contributed by atoms with E-state index in [1.807, 2.05) is 0 Å². The zero-order chi connectivity index (χ0) is 13.0. The molecule has 98 valence electrons. The maximum atomic E-state index is 13.0. The maximum absolute atomic E-state index is 13.0. The van der Waals surface area contributed by atoms with Crippen LogP contribution in [-0.2, 0) is 4.74 Å². The molecular weight excluding hydrogens is 237 g/mol. The Hall–Kier alpha value is -1.43. The molecule has 0 radical (unpaired) electrons. The van der Waals surface area contributed by atoms with Gasteiger partial charge in [-0.3, -0.25) is 0 Å². The summed E-state index contributed by atoms with van der Waals surface area (Å²) < 4.78 is 23.3. The number of aliphatic hydroxyl groups excluding tert-OH is 1. The van der Waals surface area contributed by atoms with E-state index < -0.39 is 6.10 Å². The van der Waals surface area contributed by atoms with E-state index in [4.69, 9.17) is 9.15 Å². The van der Waals surface area contributed by atoms with Crippen LogP contribution in [0.15, 0.2) is 28.7 Å². The Kier molecular flexibility index (Phi) is 4.30. The summed E-state index contributed by atoms with van der Waals surface area (Å²) >= 11 is 0. The van der Waals surface area contributed by atoms with Crippen LogP contribution >= 0.6 is 0 Å². The minimum absolute atomic E-state index is 0.317. The molecule has 0 spiro atoms. The van der Waals surface area contributed by atoms with Crippen LogP contribution < -0.4 is 5.32 Å². The molecule has 2 N–H and O–H groups in total. The second kappa shape index (κ2) is 5.95. The molecule has 1 aromatic carbocycles. The van der Waals surface area contributed by atoms with Gasteiger partial charge >= 0.3 is 0 Å². The van der Waals surface area contributed by atoms with Crippen LogP contribution in [0.2, 0.25) is 0 Å². The Bertz CT molecular complexity index is 512. The number of halogens is 1. The van der Waals surface area contributed by atoms with E-state index in [-0.39, 0.29) is 5.82 Å². The summed E-state index contributed by atoms with van der Waals surface area (Å²) in [7, 11) is 1.62. The van der Waals surface area contributed by atoms with Crippen LogP contribution in [0.1, 0.15) is 11.9 Å². The van der Waals surface area contributed by atoms with Crippen molar-refractivity contribution < 1.29 is 18.7 Å². The summed E-state index contributed by atoms with van der Waals surface area (Å²) in [5.74, 6) is 0.114. The number of furan rings is 1. The van der Waals surface area contributed by atoms with Crippen molar-refractivity contribution >= 4 is 11.0 Å². The summed E-state index contributed by atoms with van der Waals surface area (Å²) in [6.45, 7) is 1.60. The molecule has 5 heteroatoms. The minimum atomic E-state index is -0.752. The van der Waals surface area contributed by atoms with Crippen molar-refractivity contribution in [2.75, 3.05) is 26.8 Å². The lowest BCUT2D eigenvalue weighted by Crippen LogP contribution is -2.24. The Morgan fingerprint density at radius 1 is 1.44 bits per heavy atom. The summed E-state index contributed by atoms with van der Waals surface area (Å²) in [4.78, 5) is 0. The molecule has 2 rings (SSSR count). The molecule has 0 amide bonds. The second-order valence-electron chi connectivity index (χ2n) is 4.04. The van der Waals surface area contributed by atoms with Gasteiger partial charge in [0.25, 0.3) is 0 Å². The van der Waals surface area contributed by atoms with Gasteiger partial charge in [-0.1, -0.05) is 0 Å². The highest BCUT2D eigenvalue weighted by atomic mass is 19.1. The molecule has 18 heavy (non-hydrogen) atoms. The van der Waals surface area contributed by atoms with Crippen molar-refractivity contribution in [2.45, 2.75) is 6.10 Å². The van der Waals surface area contributed by atoms with Gasteiger partial charge in [-0.15, -0.1) is 0 Å². The van der Waals surface area contributed by atoms with E-state index in [1.54, 1.807) is 19.2 Å². The van der Waals surface area contributed by atoms with Gasteiger partial charge < -0.3 is 19.6 Å². The number of rotatable bonds is 6. The normalized spacial score (nSPS) is 13.1. The van der Waals surface area contributed by atoms with Gasteiger partial charge in [0.15, 0.2) is 0 Å². The Morgan fingerprint density at radius 2 is 2.28 bits per heavy atom. The smallest absolute Gasteiger partial charge is 0.135 e. The van der Waals surface area contributed by atoms with Crippen molar-refractivity contribution in [2.24, 2.45) is 0 Å². The van der Waals surface area contributed by atoms with Gasteiger partial charge in [0, 0.05) is 25.6 Å². The van der Waals surface area contributed by atoms with Crippen LogP contribution in [-0.4, -0.2) is 31.9 Å². The van der Waals surface area contributed by atoms with Gasteiger partial charge in [0.05, 0.1) is 6.61 Å². The van der Waals surface area contributed by atoms with Crippen molar-refractivity contribution in [3.8, 4) is 0 Å². The molecule has 1 heterocycles. The fraction of sp³-hybridized carbons (Fsp3) is 0.385. The van der Waals surface area contributed by atoms with Gasteiger partial charge in [-0.25, -0.2) is 4.39 Å². The van der Waals surface area contributed by atoms with Crippen molar-refractivity contribution in [3.05, 3.63) is 35.8 Å². The van der Waals surface area contributed by atoms with E-state index in [1.165, 1.54) is 12.1 Å². The first-order chi connectivity index (χ1) is 8.70. The highest BCUT2D eigenvalue weighted by Crippen LogP contribution is 2.24. The molecular formula is C13H16FNO3. The molecule has 0 saturated carbocycles. The maximum Gasteiger partial charge on any atom is 0.135 e. The van der Waals surface area contributed by atoms with Gasteiger partial charge in [0.2, 0.25) is 0 Å². The molecule has 1 atom stereocenters.